The monoisotopic (exact) mass is 196 g/mol. The summed E-state index contributed by atoms with van der Waals surface area (Å²) in [7, 11) is 0. The van der Waals surface area contributed by atoms with E-state index in [1.807, 2.05) is 0 Å². The molecule has 1 fully saturated rings. The number of imidazole rings is 1. The lowest BCUT2D eigenvalue weighted by molar-refractivity contribution is 0.472. The van der Waals surface area contributed by atoms with Gasteiger partial charge in [0.1, 0.15) is 0 Å². The number of hydrogen-bond acceptors (Lipinski definition) is 1. The Morgan fingerprint density at radius 2 is 2.38 bits per heavy atom. The Balaban J connectivity index is 2.13. The highest BCUT2D eigenvalue weighted by Crippen LogP contribution is 2.36. The summed E-state index contributed by atoms with van der Waals surface area (Å²) in [4.78, 5) is 3.16. The second-order valence-corrected chi connectivity index (χ2v) is 4.56. The number of hydrogen-bond donors (Lipinski definition) is 1. The van der Waals surface area contributed by atoms with Crippen molar-refractivity contribution in [3.8, 4) is 0 Å². The first-order chi connectivity index (χ1) is 6.16. The van der Waals surface area contributed by atoms with Crippen molar-refractivity contribution in [1.29, 1.82) is 0 Å². The summed E-state index contributed by atoms with van der Waals surface area (Å²) < 4.78 is 3.05. The molecule has 0 bridgehead atoms. The molecule has 1 aliphatic rings. The van der Waals surface area contributed by atoms with E-state index in [1.54, 1.807) is 0 Å². The van der Waals surface area contributed by atoms with E-state index >= 15 is 0 Å². The predicted molar refractivity (Wildman–Crippen MR) is 56.4 cm³/mol. The van der Waals surface area contributed by atoms with Crippen LogP contribution in [-0.2, 0) is 0 Å². The summed E-state index contributed by atoms with van der Waals surface area (Å²) in [5.74, 6) is 0.965. The van der Waals surface area contributed by atoms with E-state index in [0.29, 0.717) is 6.04 Å². The van der Waals surface area contributed by atoms with Crippen LogP contribution in [0.25, 0.3) is 0 Å². The molecule has 0 spiro atoms. The topological polar surface area (TPSA) is 20.7 Å². The fourth-order valence-corrected chi connectivity index (χ4v) is 2.20. The highest BCUT2D eigenvalue weighted by molar-refractivity contribution is 7.71. The minimum Gasteiger partial charge on any atom is -0.335 e. The number of rotatable bonds is 3. The molecule has 0 aliphatic heterocycles. The predicted octanol–water partition coefficient (Wildman–Crippen LogP) is 3.22. The van der Waals surface area contributed by atoms with E-state index in [0.717, 1.165) is 16.4 Å². The lowest BCUT2D eigenvalue weighted by atomic mass is 10.1. The van der Waals surface area contributed by atoms with Crippen LogP contribution in [0.1, 0.15) is 37.9 Å². The molecule has 0 saturated heterocycles. The number of aromatic amines is 1. The highest BCUT2D eigenvalue weighted by Gasteiger charge is 2.24. The molecule has 1 N–H and O–H groups in total. The molecule has 0 aromatic carbocycles. The number of nitrogens with one attached hydrogen (secondary N) is 1. The zero-order valence-corrected chi connectivity index (χ0v) is 9.03. The number of aromatic nitrogens is 2. The minimum atomic E-state index is 0.560. The highest BCUT2D eigenvalue weighted by atomic mass is 32.1. The molecule has 13 heavy (non-hydrogen) atoms. The zero-order chi connectivity index (χ0) is 9.42. The molecule has 72 valence electrons. The van der Waals surface area contributed by atoms with Crippen LogP contribution in [-0.4, -0.2) is 9.55 Å². The van der Waals surface area contributed by atoms with Gasteiger partial charge in [-0.05, 0) is 38.4 Å². The third-order valence-corrected chi connectivity index (χ3v) is 3.03. The lowest BCUT2D eigenvalue weighted by Gasteiger charge is -2.11. The molecular weight excluding hydrogens is 180 g/mol. The number of H-pyrrole nitrogens is 1. The molecule has 1 unspecified atom stereocenters. The van der Waals surface area contributed by atoms with Crippen molar-refractivity contribution in [3.05, 3.63) is 16.7 Å². The van der Waals surface area contributed by atoms with E-state index < -0.39 is 0 Å². The van der Waals surface area contributed by atoms with Crippen LogP contribution in [0.3, 0.4) is 0 Å². The molecule has 0 radical (unpaired) electrons. The van der Waals surface area contributed by atoms with Gasteiger partial charge >= 0.3 is 0 Å². The molecule has 1 atom stereocenters. The Morgan fingerprint density at radius 3 is 2.85 bits per heavy atom. The van der Waals surface area contributed by atoms with Gasteiger partial charge in [-0.3, -0.25) is 0 Å². The maximum atomic E-state index is 5.23. The maximum Gasteiger partial charge on any atom is 0.177 e. The number of nitrogens with zero attached hydrogens (tertiary/aromatic N) is 1. The molecule has 0 amide bonds. The summed E-state index contributed by atoms with van der Waals surface area (Å²) in [6, 6.07) is 0.560. The molecule has 2 nitrogen and oxygen atoms in total. The molecule has 1 aromatic heterocycles. The standard InChI is InChI=1S/C10H16N2S/c1-7-6-12(10(13)11-7)8(2)5-9-3-4-9/h6,8-9H,3-5H2,1-2H3,(H,11,13). The van der Waals surface area contributed by atoms with Crippen molar-refractivity contribution in [2.24, 2.45) is 5.92 Å². The smallest absolute Gasteiger partial charge is 0.177 e. The Labute approximate surface area is 84.0 Å². The lowest BCUT2D eigenvalue weighted by Crippen LogP contribution is -2.04. The summed E-state index contributed by atoms with van der Waals surface area (Å²) in [6.45, 7) is 4.30. The second kappa shape index (κ2) is 3.29. The normalized spacial score (nSPS) is 18.9. The third kappa shape index (κ3) is 2.02. The maximum absolute atomic E-state index is 5.23. The SMILES string of the molecule is Cc1cn(C(C)CC2CC2)c(=S)[nH]1. The summed E-state index contributed by atoms with van der Waals surface area (Å²) >= 11 is 5.23. The summed E-state index contributed by atoms with van der Waals surface area (Å²) in [5.41, 5.74) is 1.16. The minimum absolute atomic E-state index is 0.560. The van der Waals surface area contributed by atoms with E-state index in [-0.39, 0.29) is 0 Å². The Morgan fingerprint density at radius 1 is 1.69 bits per heavy atom. The average molecular weight is 196 g/mol. The van der Waals surface area contributed by atoms with Crippen molar-refractivity contribution in [3.63, 3.8) is 0 Å². The third-order valence-electron chi connectivity index (χ3n) is 2.72. The van der Waals surface area contributed by atoms with Crippen LogP contribution >= 0.6 is 12.2 Å². The number of aryl methyl sites for hydroxylation is 1. The van der Waals surface area contributed by atoms with Crippen LogP contribution < -0.4 is 0 Å². The first kappa shape index (κ1) is 9.00. The van der Waals surface area contributed by atoms with Crippen LogP contribution in [0.5, 0.6) is 0 Å². The van der Waals surface area contributed by atoms with Gasteiger partial charge in [0, 0.05) is 17.9 Å². The van der Waals surface area contributed by atoms with Gasteiger partial charge in [0.15, 0.2) is 4.77 Å². The van der Waals surface area contributed by atoms with Gasteiger partial charge in [0.2, 0.25) is 0 Å². The van der Waals surface area contributed by atoms with Gasteiger partial charge in [0.25, 0.3) is 0 Å². The largest absolute Gasteiger partial charge is 0.335 e. The second-order valence-electron chi connectivity index (χ2n) is 4.18. The molecule has 1 aromatic rings. The fourth-order valence-electron chi connectivity index (χ4n) is 1.81. The van der Waals surface area contributed by atoms with Gasteiger partial charge in [-0.1, -0.05) is 12.8 Å². The summed E-state index contributed by atoms with van der Waals surface area (Å²) in [6.07, 6.45) is 6.24. The summed E-state index contributed by atoms with van der Waals surface area (Å²) in [5, 5.41) is 0. The van der Waals surface area contributed by atoms with Crippen LogP contribution in [0.4, 0.5) is 0 Å². The Bertz CT molecular complexity index is 346. The van der Waals surface area contributed by atoms with E-state index in [1.165, 1.54) is 19.3 Å². The van der Waals surface area contributed by atoms with Gasteiger partial charge in [-0.15, -0.1) is 0 Å². The molecule has 2 rings (SSSR count). The van der Waals surface area contributed by atoms with Gasteiger partial charge in [-0.2, -0.15) is 0 Å². The Hall–Kier alpha value is -0.570. The van der Waals surface area contributed by atoms with Crippen molar-refractivity contribution in [2.45, 2.75) is 39.2 Å². The Kier molecular flexibility index (Phi) is 2.28. The van der Waals surface area contributed by atoms with Crippen molar-refractivity contribution in [1.82, 2.24) is 9.55 Å². The van der Waals surface area contributed by atoms with E-state index in [4.69, 9.17) is 12.2 Å². The van der Waals surface area contributed by atoms with Gasteiger partial charge < -0.3 is 9.55 Å². The van der Waals surface area contributed by atoms with Crippen molar-refractivity contribution >= 4 is 12.2 Å². The quantitative estimate of drug-likeness (QED) is 0.736. The van der Waals surface area contributed by atoms with Crippen LogP contribution in [0.15, 0.2) is 6.20 Å². The van der Waals surface area contributed by atoms with Crippen LogP contribution in [0, 0.1) is 17.6 Å². The average Bonchev–Trinajstić information content (AvgIpc) is 2.77. The fraction of sp³-hybridized carbons (Fsp3) is 0.700. The first-order valence-corrected chi connectivity index (χ1v) is 5.35. The van der Waals surface area contributed by atoms with E-state index in [2.05, 4.69) is 29.6 Å². The first-order valence-electron chi connectivity index (χ1n) is 4.94. The van der Waals surface area contributed by atoms with Crippen molar-refractivity contribution in [2.75, 3.05) is 0 Å². The van der Waals surface area contributed by atoms with Crippen LogP contribution in [0.2, 0.25) is 0 Å². The van der Waals surface area contributed by atoms with Gasteiger partial charge in [-0.25, -0.2) is 0 Å². The van der Waals surface area contributed by atoms with E-state index in [9.17, 15) is 0 Å². The molecule has 1 heterocycles. The van der Waals surface area contributed by atoms with Crippen molar-refractivity contribution < 1.29 is 0 Å². The van der Waals surface area contributed by atoms with Gasteiger partial charge in [0.05, 0.1) is 0 Å². The molecule has 1 aliphatic carbocycles. The molecule has 3 heteroatoms. The molecular formula is C10H16N2S. The zero-order valence-electron chi connectivity index (χ0n) is 8.21. The molecule has 1 saturated carbocycles.